The fourth-order valence-electron chi connectivity index (χ4n) is 5.60. The highest BCUT2D eigenvalue weighted by Crippen LogP contribution is 2.28. The second-order valence-electron chi connectivity index (χ2n) is 12.9. The first-order valence-corrected chi connectivity index (χ1v) is 15.8. The molecule has 2 atom stereocenters. The molecule has 266 valence electrons. The molecular weight excluding hydrogens is 662 g/mol. The van der Waals surface area contributed by atoms with Crippen molar-refractivity contribution in [3.8, 4) is 17.0 Å². The Bertz CT molecular complexity index is 1830. The maximum Gasteiger partial charge on any atom is 0.408 e. The Labute approximate surface area is 297 Å². The minimum atomic E-state index is -1.18. The lowest BCUT2D eigenvalue weighted by Crippen LogP contribution is -2.51. The van der Waals surface area contributed by atoms with Crippen molar-refractivity contribution in [3.05, 3.63) is 106 Å². The fourth-order valence-corrected chi connectivity index (χ4v) is 5.60. The van der Waals surface area contributed by atoms with Crippen molar-refractivity contribution in [2.45, 2.75) is 72.2 Å². The van der Waals surface area contributed by atoms with Crippen LogP contribution >= 0.6 is 12.4 Å². The van der Waals surface area contributed by atoms with E-state index in [-0.39, 0.29) is 36.7 Å². The lowest BCUT2D eigenvalue weighted by molar-refractivity contribution is -0.136. The van der Waals surface area contributed by atoms with Gasteiger partial charge in [-0.25, -0.2) is 14.6 Å². The first-order chi connectivity index (χ1) is 23.1. The van der Waals surface area contributed by atoms with Crippen LogP contribution in [0, 0.1) is 13.8 Å². The maximum absolute atomic E-state index is 14.8. The van der Waals surface area contributed by atoms with Crippen LogP contribution in [-0.4, -0.2) is 62.6 Å². The van der Waals surface area contributed by atoms with Crippen LogP contribution in [0.3, 0.4) is 0 Å². The molecule has 50 heavy (non-hydrogen) atoms. The molecule has 0 aliphatic rings. The Morgan fingerprint density at radius 3 is 2.22 bits per heavy atom. The number of aromatic nitrogens is 2. The molecule has 0 aliphatic heterocycles. The van der Waals surface area contributed by atoms with E-state index in [1.165, 1.54) is 24.1 Å². The molecule has 0 bridgehead atoms. The van der Waals surface area contributed by atoms with Gasteiger partial charge in [0.25, 0.3) is 0 Å². The minimum absolute atomic E-state index is 0. The van der Waals surface area contributed by atoms with Crippen LogP contribution in [0.25, 0.3) is 11.3 Å². The number of carboxylic acids is 1. The van der Waals surface area contributed by atoms with Crippen LogP contribution in [0.4, 0.5) is 4.79 Å². The van der Waals surface area contributed by atoms with Gasteiger partial charge in [-0.05, 0) is 93.6 Å². The van der Waals surface area contributed by atoms with Crippen LogP contribution < -0.4 is 15.8 Å². The van der Waals surface area contributed by atoms with Gasteiger partial charge in [0.1, 0.15) is 28.8 Å². The van der Waals surface area contributed by atoms with E-state index >= 15 is 0 Å². The second-order valence-corrected chi connectivity index (χ2v) is 12.9. The smallest absolute Gasteiger partial charge is 0.408 e. The van der Waals surface area contributed by atoms with Crippen molar-refractivity contribution in [1.29, 1.82) is 0 Å². The van der Waals surface area contributed by atoms with Gasteiger partial charge in [0, 0.05) is 18.5 Å². The van der Waals surface area contributed by atoms with Crippen molar-refractivity contribution < 1.29 is 33.8 Å². The number of hydrogen-bond donors (Lipinski definition) is 4. The summed E-state index contributed by atoms with van der Waals surface area (Å²) in [6, 6.07) is 15.8. The molecule has 12 nitrogen and oxygen atoms in total. The molecule has 0 fully saturated rings. The van der Waals surface area contributed by atoms with Gasteiger partial charge in [-0.2, -0.15) is 0 Å². The topological polar surface area (TPSA) is 177 Å². The zero-order valence-corrected chi connectivity index (χ0v) is 30.0. The summed E-state index contributed by atoms with van der Waals surface area (Å²) < 4.78 is 10.8. The summed E-state index contributed by atoms with van der Waals surface area (Å²) in [4.78, 5) is 61.4. The summed E-state index contributed by atoms with van der Waals surface area (Å²) in [6.45, 7) is 10.6. The molecule has 1 heterocycles. The van der Waals surface area contributed by atoms with E-state index in [2.05, 4.69) is 15.3 Å². The number of nitrogens with zero attached hydrogens (tertiary/aromatic N) is 2. The number of carbonyl (C=O) groups excluding carboxylic acids is 3. The molecule has 0 aliphatic carbocycles. The number of amides is 3. The van der Waals surface area contributed by atoms with Gasteiger partial charge in [0.2, 0.25) is 11.8 Å². The van der Waals surface area contributed by atoms with Crippen molar-refractivity contribution in [2.24, 2.45) is 5.73 Å². The molecule has 0 radical (unpaired) electrons. The number of ether oxygens (including phenoxy) is 2. The van der Waals surface area contributed by atoms with Gasteiger partial charge in [0.05, 0.1) is 25.0 Å². The fraction of sp³-hybridized carbons (Fsp3) is 0.324. The number of benzene rings is 3. The maximum atomic E-state index is 14.8. The Hall–Kier alpha value is -5.36. The average Bonchev–Trinajstić information content (AvgIpc) is 3.54. The number of H-pyrrole nitrogens is 1. The van der Waals surface area contributed by atoms with Gasteiger partial charge in [0.15, 0.2) is 0 Å². The first-order valence-electron chi connectivity index (χ1n) is 15.8. The van der Waals surface area contributed by atoms with Gasteiger partial charge in [-0.1, -0.05) is 36.4 Å². The number of alkyl carbamates (subject to hydrolysis) is 1. The van der Waals surface area contributed by atoms with Crippen molar-refractivity contribution >= 4 is 36.3 Å². The number of nitrogens with two attached hydrogens (primary N) is 1. The standard InChI is InChI=1S/C37H43N5O7.ClH/c1-21-15-26(32(38)43)16-22(2)27(21)18-29(41-36(47)49-37(4,5)6)34(44)42(20-24-13-14-31(48-7)28(17-24)35(45)46)23(3)33-39-19-30(40-33)25-11-9-8-10-12-25;/h8-17,19,23,29H,18,20H2,1-7H3,(H2,38,43)(H,39,40)(H,41,47)(H,45,46);1H. The summed E-state index contributed by atoms with van der Waals surface area (Å²) in [5, 5.41) is 12.6. The largest absolute Gasteiger partial charge is 0.496 e. The van der Waals surface area contributed by atoms with Crippen molar-refractivity contribution in [1.82, 2.24) is 20.2 Å². The predicted octanol–water partition coefficient (Wildman–Crippen LogP) is 6.15. The molecule has 0 saturated carbocycles. The third-order valence-electron chi connectivity index (χ3n) is 8.05. The zero-order valence-electron chi connectivity index (χ0n) is 29.2. The molecule has 3 aromatic carbocycles. The van der Waals surface area contributed by atoms with Crippen molar-refractivity contribution in [2.75, 3.05) is 7.11 Å². The number of carbonyl (C=O) groups is 4. The molecule has 5 N–H and O–H groups in total. The molecule has 0 spiro atoms. The third-order valence-corrected chi connectivity index (χ3v) is 8.05. The molecule has 2 unspecified atom stereocenters. The molecule has 4 aromatic rings. The number of imidazole rings is 1. The lowest BCUT2D eigenvalue weighted by Gasteiger charge is -2.33. The van der Waals surface area contributed by atoms with Gasteiger partial charge in [-0.15, -0.1) is 12.4 Å². The van der Waals surface area contributed by atoms with E-state index in [0.717, 1.165) is 27.9 Å². The van der Waals surface area contributed by atoms with Gasteiger partial charge >= 0.3 is 12.1 Å². The normalized spacial score (nSPS) is 12.2. The SMILES string of the molecule is COc1ccc(CN(C(=O)C(Cc2c(C)cc(C(N)=O)cc2C)NC(=O)OC(C)(C)C)C(C)c2ncc(-c3ccccc3)[nH]2)cc1C(=O)O.Cl. The highest BCUT2D eigenvalue weighted by atomic mass is 35.5. The number of rotatable bonds is 12. The summed E-state index contributed by atoms with van der Waals surface area (Å²) in [7, 11) is 1.38. The monoisotopic (exact) mass is 705 g/mol. The highest BCUT2D eigenvalue weighted by molar-refractivity contribution is 5.93. The Morgan fingerprint density at radius 1 is 1.02 bits per heavy atom. The number of primary amides is 1. The van der Waals surface area contributed by atoms with Crippen LogP contribution in [0.1, 0.15) is 82.5 Å². The number of aryl methyl sites for hydroxylation is 2. The van der Waals surface area contributed by atoms with E-state index in [9.17, 15) is 24.3 Å². The molecule has 1 aromatic heterocycles. The number of halogens is 1. The van der Waals surface area contributed by atoms with Gasteiger partial charge in [-0.3, -0.25) is 9.59 Å². The summed E-state index contributed by atoms with van der Waals surface area (Å²) in [6.07, 6.45) is 0.960. The average molecular weight is 706 g/mol. The third kappa shape index (κ3) is 9.63. The zero-order chi connectivity index (χ0) is 36.0. The van der Waals surface area contributed by atoms with Crippen LogP contribution in [0.15, 0.2) is 66.9 Å². The molecule has 13 heteroatoms. The van der Waals surface area contributed by atoms with E-state index < -0.39 is 41.6 Å². The second kappa shape index (κ2) is 16.4. The van der Waals surface area contributed by atoms with E-state index in [1.807, 2.05) is 44.2 Å². The highest BCUT2D eigenvalue weighted by Gasteiger charge is 2.33. The number of nitrogens with one attached hydrogen (secondary N) is 2. The lowest BCUT2D eigenvalue weighted by atomic mass is 9.93. The molecule has 0 saturated heterocycles. The quantitative estimate of drug-likeness (QED) is 0.136. The van der Waals surface area contributed by atoms with E-state index in [4.69, 9.17) is 15.2 Å². The summed E-state index contributed by atoms with van der Waals surface area (Å²) in [5.41, 5.74) is 9.32. The molecule has 3 amide bonds. The minimum Gasteiger partial charge on any atom is -0.496 e. The van der Waals surface area contributed by atoms with Crippen LogP contribution in [-0.2, 0) is 22.5 Å². The van der Waals surface area contributed by atoms with E-state index in [1.54, 1.807) is 52.1 Å². The number of hydrogen-bond acceptors (Lipinski definition) is 7. The summed E-state index contributed by atoms with van der Waals surface area (Å²) in [5.74, 6) is -1.57. The van der Waals surface area contributed by atoms with Crippen LogP contribution in [0.2, 0.25) is 0 Å². The number of aromatic carboxylic acids is 1. The predicted molar refractivity (Wildman–Crippen MR) is 191 cm³/mol. The van der Waals surface area contributed by atoms with Crippen molar-refractivity contribution in [3.63, 3.8) is 0 Å². The molecule has 4 rings (SSSR count). The Kier molecular flexibility index (Phi) is 12.8. The van der Waals surface area contributed by atoms with Gasteiger partial charge < -0.3 is 35.5 Å². The number of methoxy groups -OCH3 is 1. The number of carboxylic acid groups (broad SMARTS) is 1. The van der Waals surface area contributed by atoms with E-state index in [0.29, 0.717) is 17.0 Å². The van der Waals surface area contributed by atoms with Crippen LogP contribution in [0.5, 0.6) is 5.75 Å². The Morgan fingerprint density at radius 2 is 1.66 bits per heavy atom. The molecular formula is C37H44ClN5O7. The number of aromatic amines is 1. The first kappa shape index (κ1) is 39.1. The summed E-state index contributed by atoms with van der Waals surface area (Å²) >= 11 is 0. The Balaban J connectivity index is 0.00000676.